The molecule has 0 saturated carbocycles. The molecular formula is C16H26BNO4S. The number of sulfonamides is 1. The molecule has 1 fully saturated rings. The zero-order chi connectivity index (χ0) is 17.3. The Kier molecular flexibility index (Phi) is 5.26. The normalized spacial score (nSPS) is 20.0. The highest BCUT2D eigenvalue weighted by Crippen LogP contribution is 2.36. The van der Waals surface area contributed by atoms with Crippen molar-refractivity contribution in [2.75, 3.05) is 6.54 Å². The van der Waals surface area contributed by atoms with Crippen LogP contribution < -0.4 is 10.2 Å². The maximum atomic E-state index is 12.6. The molecule has 1 aliphatic rings. The highest BCUT2D eigenvalue weighted by molar-refractivity contribution is 7.89. The van der Waals surface area contributed by atoms with E-state index in [2.05, 4.69) is 4.72 Å². The van der Waals surface area contributed by atoms with Crippen molar-refractivity contribution in [2.45, 2.75) is 63.6 Å². The van der Waals surface area contributed by atoms with Gasteiger partial charge in [-0.1, -0.05) is 31.5 Å². The summed E-state index contributed by atoms with van der Waals surface area (Å²) < 4.78 is 39.8. The zero-order valence-electron chi connectivity index (χ0n) is 14.5. The van der Waals surface area contributed by atoms with Gasteiger partial charge in [0.1, 0.15) is 0 Å². The molecule has 0 aromatic heterocycles. The molecule has 0 amide bonds. The Bertz CT molecular complexity index is 642. The number of unbranched alkanes of at least 4 members (excludes halogenated alkanes) is 1. The van der Waals surface area contributed by atoms with Gasteiger partial charge in [0.05, 0.1) is 16.1 Å². The maximum Gasteiger partial charge on any atom is 0.496 e. The van der Waals surface area contributed by atoms with Crippen LogP contribution >= 0.6 is 0 Å². The lowest BCUT2D eigenvalue weighted by atomic mass is 9.79. The molecule has 5 nitrogen and oxygen atoms in total. The molecule has 7 heteroatoms. The second-order valence-corrected chi connectivity index (χ2v) is 8.61. The van der Waals surface area contributed by atoms with E-state index >= 15 is 0 Å². The Balaban J connectivity index is 2.32. The van der Waals surface area contributed by atoms with Gasteiger partial charge in [0.25, 0.3) is 0 Å². The first kappa shape index (κ1) is 18.5. The van der Waals surface area contributed by atoms with Gasteiger partial charge in [0.15, 0.2) is 0 Å². The SMILES string of the molecule is CCCCNS(=O)(=O)c1ccccc1B1OC(C)(C)C(C)(C)O1. The highest BCUT2D eigenvalue weighted by atomic mass is 32.2. The monoisotopic (exact) mass is 339 g/mol. The second kappa shape index (κ2) is 6.55. The molecule has 0 bridgehead atoms. The molecule has 0 radical (unpaired) electrons. The van der Waals surface area contributed by atoms with Gasteiger partial charge in [-0.3, -0.25) is 0 Å². The number of hydrogen-bond donors (Lipinski definition) is 1. The van der Waals surface area contributed by atoms with Crippen molar-refractivity contribution in [1.82, 2.24) is 4.72 Å². The van der Waals surface area contributed by atoms with Crippen LogP contribution in [0.5, 0.6) is 0 Å². The summed E-state index contributed by atoms with van der Waals surface area (Å²) in [6.45, 7) is 10.2. The van der Waals surface area contributed by atoms with Crippen LogP contribution in [-0.4, -0.2) is 33.3 Å². The summed E-state index contributed by atoms with van der Waals surface area (Å²) in [4.78, 5) is 0.217. The molecule has 1 aromatic rings. The van der Waals surface area contributed by atoms with Crippen molar-refractivity contribution in [3.63, 3.8) is 0 Å². The second-order valence-electron chi connectivity index (χ2n) is 6.88. The Morgan fingerprint density at radius 3 is 2.22 bits per heavy atom. The van der Waals surface area contributed by atoms with Crippen molar-refractivity contribution in [3.8, 4) is 0 Å². The molecule has 2 rings (SSSR count). The topological polar surface area (TPSA) is 64.6 Å². The first-order valence-electron chi connectivity index (χ1n) is 8.05. The first-order chi connectivity index (χ1) is 10.6. The van der Waals surface area contributed by atoms with Crippen molar-refractivity contribution >= 4 is 22.6 Å². The van der Waals surface area contributed by atoms with Gasteiger partial charge in [-0.25, -0.2) is 13.1 Å². The Morgan fingerprint density at radius 1 is 1.09 bits per heavy atom. The lowest BCUT2D eigenvalue weighted by Gasteiger charge is -2.32. The van der Waals surface area contributed by atoms with Crippen LogP contribution in [0.3, 0.4) is 0 Å². The first-order valence-corrected chi connectivity index (χ1v) is 9.53. The van der Waals surface area contributed by atoms with E-state index < -0.39 is 28.3 Å². The average Bonchev–Trinajstić information content (AvgIpc) is 2.67. The lowest BCUT2D eigenvalue weighted by Crippen LogP contribution is -2.41. The summed E-state index contributed by atoms with van der Waals surface area (Å²) in [5, 5.41) is 0. The number of nitrogens with one attached hydrogen (secondary N) is 1. The smallest absolute Gasteiger partial charge is 0.399 e. The summed E-state index contributed by atoms with van der Waals surface area (Å²) >= 11 is 0. The third-order valence-corrected chi connectivity index (χ3v) is 6.07. The van der Waals surface area contributed by atoms with Crippen LogP contribution in [0.25, 0.3) is 0 Å². The molecule has 0 atom stereocenters. The molecule has 0 spiro atoms. The molecule has 23 heavy (non-hydrogen) atoms. The van der Waals surface area contributed by atoms with Crippen molar-refractivity contribution in [2.24, 2.45) is 0 Å². The molecule has 1 N–H and O–H groups in total. The van der Waals surface area contributed by atoms with Gasteiger partial charge in [0, 0.05) is 12.0 Å². The quantitative estimate of drug-likeness (QED) is 0.637. The Labute approximate surface area is 140 Å². The molecular weight excluding hydrogens is 313 g/mol. The van der Waals surface area contributed by atoms with Crippen LogP contribution in [-0.2, 0) is 19.3 Å². The zero-order valence-corrected chi connectivity index (χ0v) is 15.4. The average molecular weight is 339 g/mol. The van der Waals surface area contributed by atoms with Crippen molar-refractivity contribution < 1.29 is 17.7 Å². The minimum Gasteiger partial charge on any atom is -0.399 e. The van der Waals surface area contributed by atoms with Crippen LogP contribution in [0.1, 0.15) is 47.5 Å². The van der Waals surface area contributed by atoms with E-state index in [1.165, 1.54) is 0 Å². The van der Waals surface area contributed by atoms with Gasteiger partial charge in [-0.05, 0) is 40.2 Å². The highest BCUT2D eigenvalue weighted by Gasteiger charge is 2.52. The standard InChI is InChI=1S/C16H26BNO4S/c1-6-7-12-18-23(19,20)14-11-9-8-10-13(14)17-21-15(2,3)16(4,5)22-17/h8-11,18H,6-7,12H2,1-5H3. The summed E-state index contributed by atoms with van der Waals surface area (Å²) in [7, 11) is -4.28. The Hall–Kier alpha value is -0.885. The van der Waals surface area contributed by atoms with Crippen molar-refractivity contribution in [3.05, 3.63) is 24.3 Å². The van der Waals surface area contributed by atoms with E-state index in [4.69, 9.17) is 9.31 Å². The van der Waals surface area contributed by atoms with Crippen molar-refractivity contribution in [1.29, 1.82) is 0 Å². The third kappa shape index (κ3) is 3.79. The van der Waals surface area contributed by atoms with Crippen LogP contribution in [0, 0.1) is 0 Å². The molecule has 1 aromatic carbocycles. The van der Waals surface area contributed by atoms with Gasteiger partial charge in [0.2, 0.25) is 10.0 Å². The van der Waals surface area contributed by atoms with E-state index in [-0.39, 0.29) is 4.90 Å². The van der Waals surface area contributed by atoms with Gasteiger partial charge >= 0.3 is 7.12 Å². The van der Waals surface area contributed by atoms with E-state index in [0.29, 0.717) is 12.0 Å². The van der Waals surface area contributed by atoms with Gasteiger partial charge in [-0.2, -0.15) is 0 Å². The van der Waals surface area contributed by atoms with E-state index in [1.54, 1.807) is 24.3 Å². The fourth-order valence-corrected chi connectivity index (χ4v) is 3.65. The minimum absolute atomic E-state index is 0.217. The van der Waals surface area contributed by atoms with Crippen LogP contribution in [0.2, 0.25) is 0 Å². The van der Waals surface area contributed by atoms with E-state index in [0.717, 1.165) is 12.8 Å². The minimum atomic E-state index is -3.59. The number of hydrogen-bond acceptors (Lipinski definition) is 4. The lowest BCUT2D eigenvalue weighted by molar-refractivity contribution is 0.00578. The fourth-order valence-electron chi connectivity index (χ4n) is 2.35. The maximum absolute atomic E-state index is 12.6. The fraction of sp³-hybridized carbons (Fsp3) is 0.625. The molecule has 0 unspecified atom stereocenters. The summed E-state index contributed by atoms with van der Waals surface area (Å²) in [6.07, 6.45) is 1.74. The van der Waals surface area contributed by atoms with Gasteiger partial charge < -0.3 is 9.31 Å². The third-order valence-electron chi connectivity index (χ3n) is 4.54. The van der Waals surface area contributed by atoms with Crippen LogP contribution in [0.15, 0.2) is 29.2 Å². The molecule has 0 aliphatic carbocycles. The molecule has 1 saturated heterocycles. The Morgan fingerprint density at radius 2 is 1.65 bits per heavy atom. The van der Waals surface area contributed by atoms with E-state index in [9.17, 15) is 8.42 Å². The molecule has 1 aliphatic heterocycles. The number of rotatable bonds is 6. The predicted octanol–water partition coefficient (Wildman–Crippen LogP) is 2.06. The van der Waals surface area contributed by atoms with Crippen LogP contribution in [0.4, 0.5) is 0 Å². The molecule has 128 valence electrons. The number of benzene rings is 1. The largest absolute Gasteiger partial charge is 0.496 e. The van der Waals surface area contributed by atoms with E-state index in [1.807, 2.05) is 34.6 Å². The molecule has 1 heterocycles. The summed E-state index contributed by atoms with van der Waals surface area (Å²) in [6, 6.07) is 6.85. The summed E-state index contributed by atoms with van der Waals surface area (Å²) in [5.74, 6) is 0. The van der Waals surface area contributed by atoms with Gasteiger partial charge in [-0.15, -0.1) is 0 Å². The summed E-state index contributed by atoms with van der Waals surface area (Å²) in [5.41, 5.74) is -0.482. The predicted molar refractivity (Wildman–Crippen MR) is 92.3 cm³/mol.